The minimum Gasteiger partial charge on any atom is -0.481 e. The zero-order valence-corrected chi connectivity index (χ0v) is 11.5. The molecule has 1 unspecified atom stereocenters. The SMILES string of the molecule is O=C(O)C1(CN2CCN3CCCC3C2)CCOCC1. The fraction of sp³-hybridized carbons (Fsp3) is 0.929. The average molecular weight is 268 g/mol. The first-order valence-electron chi connectivity index (χ1n) is 7.47. The van der Waals surface area contributed by atoms with Crippen LogP contribution in [0.1, 0.15) is 25.7 Å². The summed E-state index contributed by atoms with van der Waals surface area (Å²) in [7, 11) is 0. The molecule has 108 valence electrons. The van der Waals surface area contributed by atoms with Crippen molar-refractivity contribution in [2.24, 2.45) is 5.41 Å². The molecule has 1 N–H and O–H groups in total. The van der Waals surface area contributed by atoms with Crippen molar-refractivity contribution in [3.63, 3.8) is 0 Å². The third kappa shape index (κ3) is 2.64. The summed E-state index contributed by atoms with van der Waals surface area (Å²) in [5.41, 5.74) is -0.570. The van der Waals surface area contributed by atoms with Crippen LogP contribution in [0.5, 0.6) is 0 Å². The van der Waals surface area contributed by atoms with Gasteiger partial charge in [0.05, 0.1) is 5.41 Å². The first-order chi connectivity index (χ1) is 9.20. The monoisotopic (exact) mass is 268 g/mol. The molecule has 3 aliphatic heterocycles. The molecule has 5 heteroatoms. The number of carboxylic acids is 1. The van der Waals surface area contributed by atoms with Crippen molar-refractivity contribution in [2.75, 3.05) is 45.9 Å². The number of hydrogen-bond acceptors (Lipinski definition) is 4. The van der Waals surface area contributed by atoms with E-state index in [0.29, 0.717) is 38.6 Å². The van der Waals surface area contributed by atoms with Gasteiger partial charge in [0, 0.05) is 45.4 Å². The molecule has 0 aromatic rings. The maximum atomic E-state index is 11.7. The maximum absolute atomic E-state index is 11.7. The molecule has 5 nitrogen and oxygen atoms in total. The number of fused-ring (bicyclic) bond motifs is 1. The zero-order chi connectivity index (χ0) is 13.3. The van der Waals surface area contributed by atoms with E-state index in [4.69, 9.17) is 4.74 Å². The van der Waals surface area contributed by atoms with Gasteiger partial charge in [-0.05, 0) is 32.2 Å². The van der Waals surface area contributed by atoms with E-state index in [9.17, 15) is 9.90 Å². The number of nitrogens with zero attached hydrogens (tertiary/aromatic N) is 2. The highest BCUT2D eigenvalue weighted by Crippen LogP contribution is 2.33. The van der Waals surface area contributed by atoms with Crippen molar-refractivity contribution >= 4 is 5.97 Å². The molecule has 3 aliphatic rings. The molecule has 19 heavy (non-hydrogen) atoms. The van der Waals surface area contributed by atoms with Crippen molar-refractivity contribution in [1.29, 1.82) is 0 Å². The molecule has 0 aromatic carbocycles. The van der Waals surface area contributed by atoms with E-state index in [1.54, 1.807) is 0 Å². The summed E-state index contributed by atoms with van der Waals surface area (Å²) in [5, 5.41) is 9.61. The average Bonchev–Trinajstić information content (AvgIpc) is 2.87. The van der Waals surface area contributed by atoms with Crippen LogP contribution in [0, 0.1) is 5.41 Å². The van der Waals surface area contributed by atoms with Gasteiger partial charge >= 0.3 is 5.97 Å². The summed E-state index contributed by atoms with van der Waals surface area (Å²) >= 11 is 0. The molecule has 3 fully saturated rings. The van der Waals surface area contributed by atoms with Crippen LogP contribution >= 0.6 is 0 Å². The highest BCUT2D eigenvalue weighted by Gasteiger charge is 2.43. The highest BCUT2D eigenvalue weighted by molar-refractivity contribution is 5.75. The highest BCUT2D eigenvalue weighted by atomic mass is 16.5. The molecule has 0 spiro atoms. The predicted octanol–water partition coefficient (Wildman–Crippen LogP) is 0.648. The second-order valence-corrected chi connectivity index (χ2v) is 6.26. The molecule has 0 aromatic heterocycles. The Morgan fingerprint density at radius 3 is 2.79 bits per heavy atom. The van der Waals surface area contributed by atoms with Gasteiger partial charge in [-0.15, -0.1) is 0 Å². The van der Waals surface area contributed by atoms with E-state index in [-0.39, 0.29) is 0 Å². The van der Waals surface area contributed by atoms with Gasteiger partial charge in [-0.1, -0.05) is 0 Å². The lowest BCUT2D eigenvalue weighted by molar-refractivity contribution is -0.157. The van der Waals surface area contributed by atoms with Gasteiger partial charge in [0.15, 0.2) is 0 Å². The molecule has 3 heterocycles. The number of carboxylic acid groups (broad SMARTS) is 1. The standard InChI is InChI=1S/C14H24N2O3/c17-13(18)14(3-8-19-9-4-14)11-15-6-7-16-5-1-2-12(16)10-15/h12H,1-11H2,(H,17,18). The third-order valence-corrected chi connectivity index (χ3v) is 5.10. The quantitative estimate of drug-likeness (QED) is 0.814. The minimum absolute atomic E-state index is 0.570. The lowest BCUT2D eigenvalue weighted by Gasteiger charge is -2.43. The van der Waals surface area contributed by atoms with E-state index in [1.807, 2.05) is 0 Å². The molecule has 0 bridgehead atoms. The first kappa shape index (κ1) is 13.3. The van der Waals surface area contributed by atoms with E-state index in [2.05, 4.69) is 9.80 Å². The number of aliphatic carboxylic acids is 1. The normalized spacial score (nSPS) is 32.1. The van der Waals surface area contributed by atoms with Gasteiger partial charge in [0.25, 0.3) is 0 Å². The summed E-state index contributed by atoms with van der Waals surface area (Å²) in [5.74, 6) is -0.635. The Hall–Kier alpha value is -0.650. The molecule has 0 saturated carbocycles. The van der Waals surface area contributed by atoms with Crippen molar-refractivity contribution in [3.8, 4) is 0 Å². The lowest BCUT2D eigenvalue weighted by atomic mass is 9.79. The van der Waals surface area contributed by atoms with Crippen LogP contribution in [0.25, 0.3) is 0 Å². The Morgan fingerprint density at radius 2 is 2.05 bits per heavy atom. The van der Waals surface area contributed by atoms with Crippen LogP contribution < -0.4 is 0 Å². The molecule has 3 rings (SSSR count). The van der Waals surface area contributed by atoms with Gasteiger partial charge in [-0.2, -0.15) is 0 Å². The minimum atomic E-state index is -0.635. The van der Waals surface area contributed by atoms with Crippen molar-refractivity contribution < 1.29 is 14.6 Å². The van der Waals surface area contributed by atoms with E-state index < -0.39 is 11.4 Å². The molecule has 0 radical (unpaired) electrons. The van der Waals surface area contributed by atoms with E-state index in [1.165, 1.54) is 19.4 Å². The lowest BCUT2D eigenvalue weighted by Crippen LogP contribution is -2.55. The largest absolute Gasteiger partial charge is 0.481 e. The molecule has 0 aliphatic carbocycles. The van der Waals surface area contributed by atoms with Crippen LogP contribution in [0.3, 0.4) is 0 Å². The predicted molar refractivity (Wildman–Crippen MR) is 71.2 cm³/mol. The Labute approximate surface area is 114 Å². The van der Waals surface area contributed by atoms with Crippen LogP contribution in [0.2, 0.25) is 0 Å². The Balaban J connectivity index is 1.64. The number of hydrogen-bond donors (Lipinski definition) is 1. The van der Waals surface area contributed by atoms with Gasteiger partial charge < -0.3 is 9.84 Å². The topological polar surface area (TPSA) is 53.0 Å². The molecule has 3 saturated heterocycles. The molecule has 1 atom stereocenters. The van der Waals surface area contributed by atoms with Crippen molar-refractivity contribution in [2.45, 2.75) is 31.7 Å². The smallest absolute Gasteiger partial charge is 0.311 e. The fourth-order valence-electron chi connectivity index (χ4n) is 3.83. The molecule has 0 amide bonds. The van der Waals surface area contributed by atoms with Crippen LogP contribution in [-0.4, -0.2) is 72.9 Å². The number of rotatable bonds is 3. The van der Waals surface area contributed by atoms with Crippen LogP contribution in [0.15, 0.2) is 0 Å². The summed E-state index contributed by atoms with van der Waals surface area (Å²) in [6, 6.07) is 0.666. The van der Waals surface area contributed by atoms with Crippen molar-refractivity contribution in [3.05, 3.63) is 0 Å². The Kier molecular flexibility index (Phi) is 3.78. The third-order valence-electron chi connectivity index (χ3n) is 5.10. The van der Waals surface area contributed by atoms with Gasteiger partial charge in [-0.25, -0.2) is 0 Å². The first-order valence-corrected chi connectivity index (χ1v) is 7.47. The zero-order valence-electron chi connectivity index (χ0n) is 11.5. The van der Waals surface area contributed by atoms with Crippen molar-refractivity contribution in [1.82, 2.24) is 9.80 Å². The molecular formula is C14H24N2O3. The summed E-state index contributed by atoms with van der Waals surface area (Å²) in [6.45, 7) is 6.30. The summed E-state index contributed by atoms with van der Waals surface area (Å²) in [6.07, 6.45) is 3.90. The number of carbonyl (C=O) groups is 1. The van der Waals surface area contributed by atoms with E-state index in [0.717, 1.165) is 19.6 Å². The second-order valence-electron chi connectivity index (χ2n) is 6.26. The second kappa shape index (κ2) is 5.38. The van der Waals surface area contributed by atoms with Gasteiger partial charge in [-0.3, -0.25) is 14.6 Å². The summed E-state index contributed by atoms with van der Waals surface area (Å²) < 4.78 is 5.34. The molecular weight excluding hydrogens is 244 g/mol. The Bertz CT molecular complexity index is 342. The maximum Gasteiger partial charge on any atom is 0.311 e. The number of piperazine rings is 1. The Morgan fingerprint density at radius 1 is 1.26 bits per heavy atom. The summed E-state index contributed by atoms with van der Waals surface area (Å²) in [4.78, 5) is 16.6. The fourth-order valence-corrected chi connectivity index (χ4v) is 3.83. The van der Waals surface area contributed by atoms with Gasteiger partial charge in [0.2, 0.25) is 0 Å². The number of ether oxygens (including phenoxy) is 1. The van der Waals surface area contributed by atoms with Crippen LogP contribution in [0.4, 0.5) is 0 Å². The van der Waals surface area contributed by atoms with Gasteiger partial charge in [0.1, 0.15) is 0 Å². The van der Waals surface area contributed by atoms with Crippen LogP contribution in [-0.2, 0) is 9.53 Å². The van der Waals surface area contributed by atoms with E-state index >= 15 is 0 Å².